The summed E-state index contributed by atoms with van der Waals surface area (Å²) in [5.41, 5.74) is 1.91. The van der Waals surface area contributed by atoms with Crippen LogP contribution in [0.15, 0.2) is 52.3 Å². The summed E-state index contributed by atoms with van der Waals surface area (Å²) in [6.45, 7) is -0.228. The number of amides is 1. The third-order valence-corrected chi connectivity index (χ3v) is 6.55. The van der Waals surface area contributed by atoms with Crippen molar-refractivity contribution in [2.45, 2.75) is 36.7 Å². The number of carbonyl (C=O) groups is 1. The molecular weight excluding hydrogens is 366 g/mol. The number of aryl methyl sites for hydroxylation is 1. The van der Waals surface area contributed by atoms with E-state index in [2.05, 4.69) is 11.4 Å². The van der Waals surface area contributed by atoms with Crippen molar-refractivity contribution in [2.24, 2.45) is 0 Å². The predicted octanol–water partition coefficient (Wildman–Crippen LogP) is 1.29. The fourth-order valence-electron chi connectivity index (χ4n) is 3.29. The molecule has 27 heavy (non-hydrogen) atoms. The topological polar surface area (TPSA) is 88.5 Å². The molecule has 1 aromatic carbocycles. The number of sulfonamides is 1. The molecule has 0 radical (unpaired) electrons. The van der Waals surface area contributed by atoms with Gasteiger partial charge in [-0.15, -0.1) is 0 Å². The first-order chi connectivity index (χ1) is 12.8. The van der Waals surface area contributed by atoms with Crippen LogP contribution >= 0.6 is 0 Å². The molecule has 1 atom stereocenters. The Morgan fingerprint density at radius 3 is 2.70 bits per heavy atom. The molecule has 0 aliphatic heterocycles. The number of hydrogen-bond donors (Lipinski definition) is 1. The van der Waals surface area contributed by atoms with Gasteiger partial charge in [0.05, 0.1) is 10.9 Å². The molecule has 8 heteroatoms. The smallest absolute Gasteiger partial charge is 0.251 e. The van der Waals surface area contributed by atoms with Gasteiger partial charge in [0.25, 0.3) is 5.56 Å². The monoisotopic (exact) mass is 389 g/mol. The lowest BCUT2D eigenvalue weighted by Crippen LogP contribution is -2.36. The van der Waals surface area contributed by atoms with Crippen LogP contribution in [-0.2, 0) is 27.8 Å². The number of pyridine rings is 1. The third kappa shape index (κ3) is 4.12. The Kier molecular flexibility index (Phi) is 5.48. The summed E-state index contributed by atoms with van der Waals surface area (Å²) < 4.78 is 26.7. The minimum absolute atomic E-state index is 0.0251. The lowest BCUT2D eigenvalue weighted by atomic mass is 9.88. The average Bonchev–Trinajstić information content (AvgIpc) is 2.63. The second-order valence-corrected chi connectivity index (χ2v) is 8.98. The lowest BCUT2D eigenvalue weighted by Gasteiger charge is -2.26. The lowest BCUT2D eigenvalue weighted by molar-refractivity contribution is -0.122. The van der Waals surface area contributed by atoms with E-state index in [0.717, 1.165) is 33.7 Å². The van der Waals surface area contributed by atoms with Crippen LogP contribution in [0.4, 0.5) is 0 Å². The van der Waals surface area contributed by atoms with Crippen LogP contribution < -0.4 is 10.9 Å². The Bertz CT molecular complexity index is 1010. The molecule has 1 heterocycles. The van der Waals surface area contributed by atoms with Crippen molar-refractivity contribution in [1.29, 1.82) is 0 Å². The fourth-order valence-corrected chi connectivity index (χ4v) is 4.22. The SMILES string of the molecule is CN(C)S(=O)(=O)c1ccc(=O)n(CC(=O)N[C@H]2CCCc3ccccc32)c1. The van der Waals surface area contributed by atoms with Crippen LogP contribution in [0.1, 0.15) is 30.0 Å². The molecule has 0 unspecified atom stereocenters. The highest BCUT2D eigenvalue weighted by molar-refractivity contribution is 7.89. The predicted molar refractivity (Wildman–Crippen MR) is 102 cm³/mol. The highest BCUT2D eigenvalue weighted by Gasteiger charge is 2.22. The highest BCUT2D eigenvalue weighted by Crippen LogP contribution is 2.29. The van der Waals surface area contributed by atoms with Gasteiger partial charge in [0, 0.05) is 26.4 Å². The molecule has 1 N–H and O–H groups in total. The summed E-state index contributed by atoms with van der Waals surface area (Å²) >= 11 is 0. The molecule has 1 aliphatic rings. The van der Waals surface area contributed by atoms with Crippen molar-refractivity contribution >= 4 is 15.9 Å². The van der Waals surface area contributed by atoms with E-state index in [0.29, 0.717) is 0 Å². The molecule has 3 rings (SSSR count). The molecule has 1 amide bonds. The van der Waals surface area contributed by atoms with E-state index in [1.807, 2.05) is 18.2 Å². The van der Waals surface area contributed by atoms with Crippen LogP contribution in [-0.4, -0.2) is 37.3 Å². The molecule has 2 aromatic rings. The van der Waals surface area contributed by atoms with Crippen molar-refractivity contribution in [3.8, 4) is 0 Å². The largest absolute Gasteiger partial charge is 0.348 e. The zero-order valence-corrected chi connectivity index (χ0v) is 16.2. The van der Waals surface area contributed by atoms with Crippen molar-refractivity contribution in [3.05, 3.63) is 64.1 Å². The van der Waals surface area contributed by atoms with Gasteiger partial charge >= 0.3 is 0 Å². The van der Waals surface area contributed by atoms with Gasteiger partial charge < -0.3 is 9.88 Å². The Morgan fingerprint density at radius 1 is 1.22 bits per heavy atom. The number of hydrogen-bond acceptors (Lipinski definition) is 4. The fraction of sp³-hybridized carbons (Fsp3) is 0.368. The number of nitrogens with zero attached hydrogens (tertiary/aromatic N) is 2. The quantitative estimate of drug-likeness (QED) is 0.835. The minimum atomic E-state index is -3.68. The first-order valence-electron chi connectivity index (χ1n) is 8.79. The molecule has 7 nitrogen and oxygen atoms in total. The summed E-state index contributed by atoms with van der Waals surface area (Å²) in [6.07, 6.45) is 4.03. The number of nitrogens with one attached hydrogen (secondary N) is 1. The van der Waals surface area contributed by atoms with Crippen molar-refractivity contribution in [3.63, 3.8) is 0 Å². The Morgan fingerprint density at radius 2 is 1.96 bits per heavy atom. The van der Waals surface area contributed by atoms with Gasteiger partial charge in [-0.2, -0.15) is 0 Å². The van der Waals surface area contributed by atoms with Gasteiger partial charge in [0.2, 0.25) is 15.9 Å². The summed E-state index contributed by atoms with van der Waals surface area (Å²) in [4.78, 5) is 24.6. The number of rotatable bonds is 5. The summed E-state index contributed by atoms with van der Waals surface area (Å²) in [5.74, 6) is -0.321. The minimum Gasteiger partial charge on any atom is -0.348 e. The number of aromatic nitrogens is 1. The first kappa shape index (κ1) is 19.3. The molecule has 1 aliphatic carbocycles. The van der Waals surface area contributed by atoms with Gasteiger partial charge in [-0.1, -0.05) is 24.3 Å². The molecule has 0 spiro atoms. The summed E-state index contributed by atoms with van der Waals surface area (Å²) in [6, 6.07) is 10.3. The number of fused-ring (bicyclic) bond motifs is 1. The van der Waals surface area contributed by atoms with E-state index >= 15 is 0 Å². The molecule has 0 saturated heterocycles. The third-order valence-electron chi connectivity index (χ3n) is 4.75. The van der Waals surface area contributed by atoms with Gasteiger partial charge in [-0.05, 0) is 36.5 Å². The van der Waals surface area contributed by atoms with E-state index < -0.39 is 15.6 Å². The molecule has 0 bridgehead atoms. The van der Waals surface area contributed by atoms with E-state index in [-0.39, 0.29) is 23.4 Å². The van der Waals surface area contributed by atoms with Gasteiger partial charge in [0.1, 0.15) is 6.54 Å². The van der Waals surface area contributed by atoms with Crippen LogP contribution in [0.2, 0.25) is 0 Å². The molecular formula is C19H23N3O4S. The Labute approximate surface area is 158 Å². The summed E-state index contributed by atoms with van der Waals surface area (Å²) in [5, 5.41) is 2.97. The van der Waals surface area contributed by atoms with Crippen molar-refractivity contribution < 1.29 is 13.2 Å². The maximum absolute atomic E-state index is 12.5. The van der Waals surface area contributed by atoms with Crippen molar-refractivity contribution in [2.75, 3.05) is 14.1 Å². The zero-order chi connectivity index (χ0) is 19.6. The second-order valence-electron chi connectivity index (χ2n) is 6.83. The van der Waals surface area contributed by atoms with E-state index in [9.17, 15) is 18.0 Å². The molecule has 0 saturated carbocycles. The standard InChI is InChI=1S/C19H23N3O4S/c1-21(2)27(25,26)15-10-11-19(24)22(12-15)13-18(23)20-17-9-5-7-14-6-3-4-8-16(14)17/h3-4,6,8,10-12,17H,5,7,9,13H2,1-2H3,(H,20,23)/t17-/m0/s1. The van der Waals surface area contributed by atoms with Crippen LogP contribution in [0.3, 0.4) is 0 Å². The van der Waals surface area contributed by atoms with E-state index in [1.165, 1.54) is 38.0 Å². The molecule has 1 aromatic heterocycles. The van der Waals surface area contributed by atoms with Crippen LogP contribution in [0, 0.1) is 0 Å². The Balaban J connectivity index is 1.78. The molecule has 144 valence electrons. The van der Waals surface area contributed by atoms with Gasteiger partial charge in [0.15, 0.2) is 0 Å². The van der Waals surface area contributed by atoms with Crippen LogP contribution in [0.25, 0.3) is 0 Å². The maximum Gasteiger partial charge on any atom is 0.251 e. The molecule has 0 fully saturated rings. The van der Waals surface area contributed by atoms with Crippen LogP contribution in [0.5, 0.6) is 0 Å². The summed E-state index contributed by atoms with van der Waals surface area (Å²) in [7, 11) is -0.848. The number of benzene rings is 1. The van der Waals surface area contributed by atoms with Gasteiger partial charge in [-0.3, -0.25) is 9.59 Å². The normalized spacial score (nSPS) is 16.8. The first-order valence-corrected chi connectivity index (χ1v) is 10.2. The zero-order valence-electron chi connectivity index (χ0n) is 15.4. The number of carbonyl (C=O) groups excluding carboxylic acids is 1. The van der Waals surface area contributed by atoms with E-state index in [4.69, 9.17) is 0 Å². The van der Waals surface area contributed by atoms with E-state index in [1.54, 1.807) is 0 Å². The second kappa shape index (κ2) is 7.66. The highest BCUT2D eigenvalue weighted by atomic mass is 32.2. The van der Waals surface area contributed by atoms with Crippen molar-refractivity contribution in [1.82, 2.24) is 14.2 Å². The Hall–Kier alpha value is -2.45. The van der Waals surface area contributed by atoms with Gasteiger partial charge in [-0.25, -0.2) is 12.7 Å². The average molecular weight is 389 g/mol. The maximum atomic E-state index is 12.5.